The quantitative estimate of drug-likeness (QED) is 0.661. The van der Waals surface area contributed by atoms with Crippen LogP contribution < -0.4 is 11.1 Å². The molecule has 1 amide bonds. The summed E-state index contributed by atoms with van der Waals surface area (Å²) >= 11 is 0. The molecule has 0 bridgehead atoms. The first-order valence-electron chi connectivity index (χ1n) is 5.45. The number of carbonyl (C=O) groups excluding carboxylic acids is 1. The Labute approximate surface area is 97.7 Å². The number of amides is 1. The molecule has 6 heteroatoms. The topological polar surface area (TPSA) is 89.3 Å². The molecule has 5 nitrogen and oxygen atoms in total. The van der Waals surface area contributed by atoms with E-state index in [1.54, 1.807) is 6.92 Å². The number of rotatable bonds is 7. The SMILES string of the molecule is CCC(CN)CC(=O)NC(C)CS(C)(=O)=O. The summed E-state index contributed by atoms with van der Waals surface area (Å²) in [7, 11) is -3.05. The van der Waals surface area contributed by atoms with Crippen molar-refractivity contribution in [3.05, 3.63) is 0 Å². The maximum atomic E-state index is 11.5. The van der Waals surface area contributed by atoms with Crippen LogP contribution in [-0.4, -0.2) is 38.9 Å². The lowest BCUT2D eigenvalue weighted by molar-refractivity contribution is -0.122. The van der Waals surface area contributed by atoms with Crippen LogP contribution in [0.2, 0.25) is 0 Å². The first kappa shape index (κ1) is 15.4. The number of nitrogens with two attached hydrogens (primary N) is 1. The summed E-state index contributed by atoms with van der Waals surface area (Å²) in [5.41, 5.74) is 5.49. The summed E-state index contributed by atoms with van der Waals surface area (Å²) in [6, 6.07) is -0.349. The highest BCUT2D eigenvalue weighted by atomic mass is 32.2. The number of carbonyl (C=O) groups is 1. The van der Waals surface area contributed by atoms with E-state index >= 15 is 0 Å². The minimum Gasteiger partial charge on any atom is -0.353 e. The van der Waals surface area contributed by atoms with Crippen LogP contribution >= 0.6 is 0 Å². The Kier molecular flexibility index (Phi) is 6.59. The lowest BCUT2D eigenvalue weighted by Gasteiger charge is -2.16. The van der Waals surface area contributed by atoms with Crippen LogP contribution in [0.15, 0.2) is 0 Å². The van der Waals surface area contributed by atoms with E-state index in [4.69, 9.17) is 5.73 Å². The molecule has 0 aliphatic carbocycles. The van der Waals surface area contributed by atoms with E-state index in [-0.39, 0.29) is 23.6 Å². The summed E-state index contributed by atoms with van der Waals surface area (Å²) in [6.07, 6.45) is 2.37. The largest absolute Gasteiger partial charge is 0.353 e. The van der Waals surface area contributed by atoms with Crippen molar-refractivity contribution in [1.29, 1.82) is 0 Å². The predicted molar refractivity (Wildman–Crippen MR) is 64.8 cm³/mol. The molecule has 0 aromatic rings. The summed E-state index contributed by atoms with van der Waals surface area (Å²) in [5.74, 6) is 0.0110. The molecule has 0 spiro atoms. The molecular weight excluding hydrogens is 228 g/mol. The van der Waals surface area contributed by atoms with E-state index in [1.807, 2.05) is 6.92 Å². The van der Waals surface area contributed by atoms with Crippen molar-refractivity contribution in [1.82, 2.24) is 5.32 Å². The molecule has 0 aliphatic rings. The molecule has 0 saturated carbocycles. The van der Waals surface area contributed by atoms with Gasteiger partial charge >= 0.3 is 0 Å². The fourth-order valence-corrected chi connectivity index (χ4v) is 2.48. The lowest BCUT2D eigenvalue weighted by atomic mass is 10.0. The Morgan fingerprint density at radius 3 is 2.38 bits per heavy atom. The molecule has 2 unspecified atom stereocenters. The van der Waals surface area contributed by atoms with Gasteiger partial charge in [0, 0.05) is 18.7 Å². The predicted octanol–water partition coefficient (Wildman–Crippen LogP) is -0.0893. The van der Waals surface area contributed by atoms with Crippen LogP contribution in [0.5, 0.6) is 0 Å². The van der Waals surface area contributed by atoms with Gasteiger partial charge in [-0.2, -0.15) is 0 Å². The number of hydrogen-bond acceptors (Lipinski definition) is 4. The highest BCUT2D eigenvalue weighted by molar-refractivity contribution is 7.90. The van der Waals surface area contributed by atoms with Gasteiger partial charge in [0.2, 0.25) is 5.91 Å². The summed E-state index contributed by atoms with van der Waals surface area (Å²) in [6.45, 7) is 4.14. The third-order valence-corrected chi connectivity index (χ3v) is 3.45. The second-order valence-corrected chi connectivity index (χ2v) is 6.46. The van der Waals surface area contributed by atoms with Crippen LogP contribution in [0.25, 0.3) is 0 Å². The fourth-order valence-electron chi connectivity index (χ4n) is 1.49. The molecule has 0 fully saturated rings. The van der Waals surface area contributed by atoms with Gasteiger partial charge in [0.1, 0.15) is 9.84 Å². The first-order chi connectivity index (χ1) is 7.28. The summed E-state index contributed by atoms with van der Waals surface area (Å²) < 4.78 is 22.0. The Bertz CT molecular complexity index is 310. The highest BCUT2D eigenvalue weighted by Crippen LogP contribution is 2.05. The van der Waals surface area contributed by atoms with Crippen LogP contribution in [0, 0.1) is 5.92 Å². The van der Waals surface area contributed by atoms with Gasteiger partial charge in [0.25, 0.3) is 0 Å². The molecule has 0 radical (unpaired) electrons. The normalized spacial score (nSPS) is 15.5. The molecule has 0 aromatic carbocycles. The molecule has 0 rings (SSSR count). The van der Waals surface area contributed by atoms with Crippen molar-refractivity contribution in [2.45, 2.75) is 32.7 Å². The number of hydrogen-bond donors (Lipinski definition) is 2. The van der Waals surface area contributed by atoms with E-state index < -0.39 is 9.84 Å². The Morgan fingerprint density at radius 1 is 1.44 bits per heavy atom. The van der Waals surface area contributed by atoms with Gasteiger partial charge in [-0.3, -0.25) is 4.79 Å². The second kappa shape index (κ2) is 6.85. The van der Waals surface area contributed by atoms with Crippen LogP contribution in [0.3, 0.4) is 0 Å². The lowest BCUT2D eigenvalue weighted by Crippen LogP contribution is -2.38. The van der Waals surface area contributed by atoms with Crippen LogP contribution in [-0.2, 0) is 14.6 Å². The zero-order valence-electron chi connectivity index (χ0n) is 10.2. The van der Waals surface area contributed by atoms with Crippen LogP contribution in [0.4, 0.5) is 0 Å². The molecular formula is C10H22N2O3S. The third kappa shape index (κ3) is 7.64. The second-order valence-electron chi connectivity index (χ2n) is 4.28. The Morgan fingerprint density at radius 2 is 2.00 bits per heavy atom. The zero-order valence-corrected chi connectivity index (χ0v) is 11.0. The molecule has 3 N–H and O–H groups in total. The van der Waals surface area contributed by atoms with Crippen molar-refractivity contribution >= 4 is 15.7 Å². The van der Waals surface area contributed by atoms with Gasteiger partial charge in [-0.05, 0) is 19.4 Å². The zero-order chi connectivity index (χ0) is 12.8. The van der Waals surface area contributed by atoms with Gasteiger partial charge in [-0.25, -0.2) is 8.42 Å². The number of nitrogens with one attached hydrogen (secondary N) is 1. The monoisotopic (exact) mass is 250 g/mol. The van der Waals surface area contributed by atoms with Gasteiger partial charge in [0.05, 0.1) is 5.75 Å². The van der Waals surface area contributed by atoms with Crippen molar-refractivity contribution in [2.75, 3.05) is 18.6 Å². The molecule has 96 valence electrons. The Hall–Kier alpha value is -0.620. The van der Waals surface area contributed by atoms with Crippen molar-refractivity contribution in [3.8, 4) is 0 Å². The fraction of sp³-hybridized carbons (Fsp3) is 0.900. The van der Waals surface area contributed by atoms with Crippen molar-refractivity contribution in [3.63, 3.8) is 0 Å². The van der Waals surface area contributed by atoms with Gasteiger partial charge in [-0.15, -0.1) is 0 Å². The number of sulfone groups is 1. The highest BCUT2D eigenvalue weighted by Gasteiger charge is 2.15. The van der Waals surface area contributed by atoms with Gasteiger partial charge in [-0.1, -0.05) is 13.3 Å². The van der Waals surface area contributed by atoms with E-state index in [1.165, 1.54) is 0 Å². The van der Waals surface area contributed by atoms with E-state index in [9.17, 15) is 13.2 Å². The molecule has 0 heterocycles. The smallest absolute Gasteiger partial charge is 0.220 e. The molecule has 0 saturated heterocycles. The minimum atomic E-state index is -3.05. The minimum absolute atomic E-state index is 0.0296. The van der Waals surface area contributed by atoms with Gasteiger partial charge < -0.3 is 11.1 Å². The average Bonchev–Trinajstić information content (AvgIpc) is 2.10. The van der Waals surface area contributed by atoms with Crippen LogP contribution in [0.1, 0.15) is 26.7 Å². The van der Waals surface area contributed by atoms with Crippen molar-refractivity contribution < 1.29 is 13.2 Å². The summed E-state index contributed by atoms with van der Waals surface area (Å²) in [5, 5.41) is 2.66. The van der Waals surface area contributed by atoms with E-state index in [2.05, 4.69) is 5.32 Å². The maximum Gasteiger partial charge on any atom is 0.220 e. The third-order valence-electron chi connectivity index (χ3n) is 2.34. The Balaban J connectivity index is 4.05. The molecule has 0 aliphatic heterocycles. The average molecular weight is 250 g/mol. The molecule has 0 aromatic heterocycles. The molecule has 16 heavy (non-hydrogen) atoms. The van der Waals surface area contributed by atoms with E-state index in [0.29, 0.717) is 13.0 Å². The van der Waals surface area contributed by atoms with Gasteiger partial charge in [0.15, 0.2) is 0 Å². The molecule has 2 atom stereocenters. The standard InChI is InChI=1S/C10H22N2O3S/c1-4-9(6-11)5-10(13)12-8(2)7-16(3,14)15/h8-9H,4-7,11H2,1-3H3,(H,12,13). The maximum absolute atomic E-state index is 11.5. The van der Waals surface area contributed by atoms with Crippen molar-refractivity contribution in [2.24, 2.45) is 11.7 Å². The first-order valence-corrected chi connectivity index (χ1v) is 7.51. The summed E-state index contributed by atoms with van der Waals surface area (Å²) in [4.78, 5) is 11.5. The van der Waals surface area contributed by atoms with E-state index in [0.717, 1.165) is 12.7 Å².